The van der Waals surface area contributed by atoms with Crippen molar-refractivity contribution < 1.29 is 73.6 Å². The molecular weight excluding hydrogens is 376 g/mol. The molecule has 0 aromatic rings. The molecule has 0 unspecified atom stereocenters. The van der Waals surface area contributed by atoms with Crippen LogP contribution in [0.15, 0.2) is 0 Å². The maximum atomic E-state index is 0. The van der Waals surface area contributed by atoms with Crippen LogP contribution in [-0.2, 0) is 73.6 Å². The van der Waals surface area contributed by atoms with Gasteiger partial charge in [0.2, 0.25) is 0 Å². The molecular formula is H3CoCrFeSiTa. The van der Waals surface area contributed by atoms with Gasteiger partial charge < -0.3 is 0 Å². The SMILES string of the molecule is [Co].[Cr].[Fe].[SiH3].[Ta]. The van der Waals surface area contributed by atoms with Crippen molar-refractivity contribution in [2.45, 2.75) is 0 Å². The largest absolute Gasteiger partial charge is 0.0125 e. The molecule has 0 fully saturated rings. The number of hydrogen-bond acceptors (Lipinski definition) is 0. The Bertz CT molecular complexity index is 11.6. The van der Waals surface area contributed by atoms with Gasteiger partial charge in [-0.1, -0.05) is 0 Å². The molecule has 0 bridgehead atoms. The van der Waals surface area contributed by atoms with E-state index < -0.39 is 0 Å². The van der Waals surface area contributed by atoms with Gasteiger partial charge in [-0.3, -0.25) is 0 Å². The molecule has 0 saturated carbocycles. The standard InChI is InChI=1S/Co.Cr.Fe.H3Si.Ta/h;;;1H3;. The molecule has 0 aliphatic heterocycles. The summed E-state index contributed by atoms with van der Waals surface area (Å²) >= 11 is 0. The van der Waals surface area contributed by atoms with E-state index in [2.05, 4.69) is 0 Å². The summed E-state index contributed by atoms with van der Waals surface area (Å²) < 4.78 is 0. The summed E-state index contributed by atoms with van der Waals surface area (Å²) in [6.45, 7) is 0. The zero-order valence-electron chi connectivity index (χ0n) is 2.54. The molecule has 0 saturated heterocycles. The van der Waals surface area contributed by atoms with Crippen molar-refractivity contribution in [3.05, 3.63) is 0 Å². The topological polar surface area (TPSA) is 0 Å². The molecule has 0 nitrogen and oxygen atoms in total. The van der Waals surface area contributed by atoms with Gasteiger partial charge in [0, 0.05) is 73.6 Å². The Balaban J connectivity index is 0. The predicted molar refractivity (Wildman–Crippen MR) is 9.94 cm³/mol. The Morgan fingerprint density at radius 1 is 1.00 bits per heavy atom. The zero-order chi connectivity index (χ0) is 0. The second-order valence-corrected chi connectivity index (χ2v) is 0. The summed E-state index contributed by atoms with van der Waals surface area (Å²) in [5.41, 5.74) is 0. The molecule has 0 N–H and O–H groups in total. The van der Waals surface area contributed by atoms with Crippen LogP contribution in [-0.4, -0.2) is 11.0 Å². The predicted octanol–water partition coefficient (Wildman–Crippen LogP) is -1.19. The van der Waals surface area contributed by atoms with E-state index in [1.807, 2.05) is 0 Å². The van der Waals surface area contributed by atoms with E-state index in [1.165, 1.54) is 0 Å². The first kappa shape index (κ1) is 50.4. The van der Waals surface area contributed by atoms with Crippen LogP contribution in [0.1, 0.15) is 0 Å². The Morgan fingerprint density at radius 3 is 1.00 bits per heavy atom. The fraction of sp³-hybridized carbons (Fsp3) is 0. The molecule has 3 radical (unpaired) electrons. The van der Waals surface area contributed by atoms with Gasteiger partial charge in [-0.05, 0) is 11.0 Å². The second kappa shape index (κ2) is 31.3. The Hall–Kier alpha value is 2.52. The minimum Gasteiger partial charge on any atom is -0.0125 e. The normalized spacial score (nSPS) is 0. The van der Waals surface area contributed by atoms with Gasteiger partial charge in [0.05, 0.1) is 0 Å². The summed E-state index contributed by atoms with van der Waals surface area (Å²) in [7, 11) is 0. The molecule has 0 amide bonds. The maximum absolute atomic E-state index is 0. The summed E-state index contributed by atoms with van der Waals surface area (Å²) in [6, 6.07) is 0. The average molecular weight is 379 g/mol. The molecule has 0 aliphatic carbocycles. The third-order valence-corrected chi connectivity index (χ3v) is 0. The minimum atomic E-state index is 0. The third-order valence-electron chi connectivity index (χ3n) is 0. The van der Waals surface area contributed by atoms with Gasteiger partial charge in [0.15, 0.2) is 0 Å². The molecule has 0 aromatic carbocycles. The van der Waals surface area contributed by atoms with Crippen LogP contribution < -0.4 is 0 Å². The van der Waals surface area contributed by atoms with Crippen molar-refractivity contribution in [2.75, 3.05) is 0 Å². The first-order chi connectivity index (χ1) is 0. The number of hydrogen-bond donors (Lipinski definition) is 0. The maximum Gasteiger partial charge on any atom is 0 e. The number of rotatable bonds is 0. The molecule has 5 heavy (non-hydrogen) atoms. The molecule has 0 aromatic heterocycles. The van der Waals surface area contributed by atoms with Crippen LogP contribution in [0.4, 0.5) is 0 Å². The Labute approximate surface area is 83.6 Å². The van der Waals surface area contributed by atoms with E-state index in [0.29, 0.717) is 0 Å². The van der Waals surface area contributed by atoms with Crippen molar-refractivity contribution >= 4 is 11.0 Å². The van der Waals surface area contributed by atoms with Crippen LogP contribution in [0.3, 0.4) is 0 Å². The van der Waals surface area contributed by atoms with Gasteiger partial charge in [0.25, 0.3) is 0 Å². The molecule has 5 heteroatoms. The summed E-state index contributed by atoms with van der Waals surface area (Å²) in [6.07, 6.45) is 0. The smallest absolute Gasteiger partial charge is 0 e. The van der Waals surface area contributed by atoms with Crippen LogP contribution >= 0.6 is 0 Å². The van der Waals surface area contributed by atoms with Crippen molar-refractivity contribution in [2.24, 2.45) is 0 Å². The summed E-state index contributed by atoms with van der Waals surface area (Å²) in [4.78, 5) is 0. The van der Waals surface area contributed by atoms with Gasteiger partial charge >= 0.3 is 0 Å². The molecule has 0 aliphatic rings. The van der Waals surface area contributed by atoms with Crippen LogP contribution in [0, 0.1) is 0 Å². The Morgan fingerprint density at radius 2 is 1.00 bits per heavy atom. The van der Waals surface area contributed by atoms with Gasteiger partial charge in [-0.15, -0.1) is 0 Å². The first-order valence-corrected chi connectivity index (χ1v) is 0. The van der Waals surface area contributed by atoms with E-state index in [-0.39, 0.29) is 84.6 Å². The van der Waals surface area contributed by atoms with Gasteiger partial charge in [-0.25, -0.2) is 0 Å². The zero-order valence-corrected chi connectivity index (χ0v) is 11.2. The summed E-state index contributed by atoms with van der Waals surface area (Å²) in [5, 5.41) is 0. The molecule has 0 heterocycles. The molecule has 0 rings (SSSR count). The van der Waals surface area contributed by atoms with Gasteiger partial charge in [0.1, 0.15) is 0 Å². The van der Waals surface area contributed by atoms with E-state index in [4.69, 9.17) is 0 Å². The van der Waals surface area contributed by atoms with Crippen molar-refractivity contribution in [1.29, 1.82) is 0 Å². The van der Waals surface area contributed by atoms with Gasteiger partial charge in [-0.2, -0.15) is 0 Å². The third kappa shape index (κ3) is 21.0. The minimum absolute atomic E-state index is 0. The average Bonchev–Trinajstić information content (AvgIpc) is 0. The first-order valence-electron chi connectivity index (χ1n) is 0. The molecule has 35 valence electrons. The van der Waals surface area contributed by atoms with Crippen molar-refractivity contribution in [1.82, 2.24) is 0 Å². The van der Waals surface area contributed by atoms with Crippen LogP contribution in [0.25, 0.3) is 0 Å². The fourth-order valence-corrected chi connectivity index (χ4v) is 0. The van der Waals surface area contributed by atoms with E-state index in [9.17, 15) is 0 Å². The summed E-state index contributed by atoms with van der Waals surface area (Å²) in [5.74, 6) is 0. The van der Waals surface area contributed by atoms with E-state index in [1.54, 1.807) is 0 Å². The van der Waals surface area contributed by atoms with Crippen molar-refractivity contribution in [3.63, 3.8) is 0 Å². The molecule has 0 atom stereocenters. The van der Waals surface area contributed by atoms with Crippen LogP contribution in [0.5, 0.6) is 0 Å². The monoisotopic (exact) mass is 379 g/mol. The molecule has 0 spiro atoms. The second-order valence-electron chi connectivity index (χ2n) is 0. The van der Waals surface area contributed by atoms with Crippen molar-refractivity contribution in [3.8, 4) is 0 Å². The Kier molecular flexibility index (Phi) is 316. The van der Waals surface area contributed by atoms with Crippen LogP contribution in [0.2, 0.25) is 0 Å². The quantitative estimate of drug-likeness (QED) is 0.465. The van der Waals surface area contributed by atoms with E-state index >= 15 is 0 Å². The van der Waals surface area contributed by atoms with E-state index in [0.717, 1.165) is 0 Å². The fourth-order valence-electron chi connectivity index (χ4n) is 0.